The molecule has 0 spiro atoms. The molecule has 3 nitrogen and oxygen atoms in total. The van der Waals surface area contributed by atoms with Gasteiger partial charge >= 0.3 is 140 Å². The summed E-state index contributed by atoms with van der Waals surface area (Å²) in [4.78, 5) is 0. The number of allylic oxidation sites excluding steroid dienone is 5. The fourth-order valence-corrected chi connectivity index (χ4v) is 5.42. The monoisotopic (exact) mass is 584 g/mol. The quantitative estimate of drug-likeness (QED) is 0.449. The molecule has 0 bridgehead atoms. The molecule has 0 saturated carbocycles. The van der Waals surface area contributed by atoms with E-state index in [-0.39, 0.29) is 0 Å². The van der Waals surface area contributed by atoms with Crippen molar-refractivity contribution in [3.8, 4) is 0 Å². The van der Waals surface area contributed by atoms with Crippen molar-refractivity contribution in [2.45, 2.75) is 0 Å². The summed E-state index contributed by atoms with van der Waals surface area (Å²) in [5, 5.41) is 0. The van der Waals surface area contributed by atoms with E-state index in [9.17, 15) is 0 Å². The fraction of sp³-hybridized carbons (Fsp3) is 0. The standard InChI is InChI=1S/C12H11I3O3/c1-3-10(16-13-6-1)9-5-8-15-18-12(9)11-4-2-7-14-17-11/h1-8,13-15H. The van der Waals surface area contributed by atoms with Crippen LogP contribution in [0.2, 0.25) is 0 Å². The Kier molecular flexibility index (Phi) is 4.68. The molecule has 3 aliphatic rings. The molecule has 3 heterocycles. The van der Waals surface area contributed by atoms with Gasteiger partial charge < -0.3 is 0 Å². The Morgan fingerprint density at radius 1 is 0.722 bits per heavy atom. The summed E-state index contributed by atoms with van der Waals surface area (Å²) in [5.74, 6) is 2.64. The molecule has 0 aromatic heterocycles. The van der Waals surface area contributed by atoms with Crippen molar-refractivity contribution in [1.29, 1.82) is 0 Å². The number of rotatable bonds is 2. The van der Waals surface area contributed by atoms with Crippen LogP contribution in [0, 0.1) is 0 Å². The molecule has 0 amide bonds. The summed E-state index contributed by atoms with van der Waals surface area (Å²) >= 11 is -1.52. The Bertz CT molecular complexity index is 527. The zero-order valence-corrected chi connectivity index (χ0v) is 16.1. The van der Waals surface area contributed by atoms with Crippen LogP contribution < -0.4 is 0 Å². The molecule has 0 saturated heterocycles. The minimum atomic E-state index is -0.534. The SMILES string of the molecule is C1=C[IH]OC(C2=C(C3=CC=C[IH]O3)O[IH]C=C2)=C1. The van der Waals surface area contributed by atoms with Crippen LogP contribution in [-0.4, -0.2) is 0 Å². The maximum absolute atomic E-state index is 5.87. The van der Waals surface area contributed by atoms with Crippen LogP contribution in [0.3, 0.4) is 0 Å². The van der Waals surface area contributed by atoms with Crippen molar-refractivity contribution in [3.63, 3.8) is 0 Å². The summed E-state index contributed by atoms with van der Waals surface area (Å²) in [6.07, 6.45) is 10.2. The molecule has 0 aromatic rings. The van der Waals surface area contributed by atoms with Gasteiger partial charge in [0.25, 0.3) is 0 Å². The molecule has 0 atom stereocenters. The van der Waals surface area contributed by atoms with Gasteiger partial charge in [-0.15, -0.1) is 0 Å². The minimum absolute atomic E-state index is 0.488. The second-order valence-electron chi connectivity index (χ2n) is 3.30. The van der Waals surface area contributed by atoms with Crippen LogP contribution in [0.5, 0.6) is 0 Å². The topological polar surface area (TPSA) is 27.7 Å². The molecule has 3 aliphatic heterocycles. The molecule has 0 unspecified atom stereocenters. The first-order valence-electron chi connectivity index (χ1n) is 5.10. The number of hydrogen-bond acceptors (Lipinski definition) is 3. The van der Waals surface area contributed by atoms with Crippen molar-refractivity contribution in [1.82, 2.24) is 0 Å². The molecule has 18 heavy (non-hydrogen) atoms. The van der Waals surface area contributed by atoms with Crippen molar-refractivity contribution >= 4 is 64.9 Å². The molecule has 0 aromatic carbocycles. The molecule has 0 radical (unpaired) electrons. The zero-order chi connectivity index (χ0) is 12.2. The Balaban J connectivity index is 2.00. The fourth-order valence-electron chi connectivity index (χ4n) is 1.44. The Hall–Kier alpha value is 0.0300. The van der Waals surface area contributed by atoms with E-state index >= 15 is 0 Å². The number of hydrogen-bond donors (Lipinski definition) is 0. The summed E-state index contributed by atoms with van der Waals surface area (Å²) in [5.41, 5.74) is 1.02. The van der Waals surface area contributed by atoms with E-state index in [4.69, 9.17) is 9.20 Å². The van der Waals surface area contributed by atoms with Crippen LogP contribution in [-0.2, 0) is 9.20 Å². The third-order valence-electron chi connectivity index (χ3n) is 2.19. The van der Waals surface area contributed by atoms with Gasteiger partial charge in [0, 0.05) is 0 Å². The Labute approximate surface area is 138 Å². The van der Waals surface area contributed by atoms with Crippen molar-refractivity contribution in [2.24, 2.45) is 0 Å². The Morgan fingerprint density at radius 2 is 1.39 bits per heavy atom. The molecule has 98 valence electrons. The van der Waals surface area contributed by atoms with Gasteiger partial charge in [0.1, 0.15) is 0 Å². The molecule has 6 heteroatoms. The van der Waals surface area contributed by atoms with Crippen LogP contribution >= 0.6 is 64.9 Å². The average molecular weight is 584 g/mol. The van der Waals surface area contributed by atoms with E-state index in [1.165, 1.54) is 0 Å². The van der Waals surface area contributed by atoms with Gasteiger partial charge in [0.05, 0.1) is 0 Å². The summed E-state index contributed by atoms with van der Waals surface area (Å²) < 4.78 is 23.8. The summed E-state index contributed by atoms with van der Waals surface area (Å²) in [6.45, 7) is 0. The van der Waals surface area contributed by atoms with Crippen LogP contribution in [0.15, 0.2) is 65.5 Å². The van der Waals surface area contributed by atoms with Gasteiger partial charge in [-0.25, -0.2) is 0 Å². The molecule has 3 rings (SSSR count). The molecular formula is C12H11I3O3. The van der Waals surface area contributed by atoms with E-state index < -0.39 is 64.9 Å². The van der Waals surface area contributed by atoms with Gasteiger partial charge in [-0.05, 0) is 0 Å². The average Bonchev–Trinajstić information content (AvgIpc) is 2.49. The zero-order valence-electron chi connectivity index (χ0n) is 9.07. The van der Waals surface area contributed by atoms with Gasteiger partial charge in [-0.1, -0.05) is 0 Å². The summed E-state index contributed by atoms with van der Waals surface area (Å²) in [6, 6.07) is 0. The maximum atomic E-state index is 5.87. The molecule has 0 fully saturated rings. The van der Waals surface area contributed by atoms with Crippen LogP contribution in [0.4, 0.5) is 0 Å². The van der Waals surface area contributed by atoms with E-state index in [1.807, 2.05) is 12.2 Å². The predicted octanol–water partition coefficient (Wildman–Crippen LogP) is 4.49. The van der Waals surface area contributed by atoms with Gasteiger partial charge in [0.15, 0.2) is 0 Å². The van der Waals surface area contributed by atoms with Crippen molar-refractivity contribution in [2.75, 3.05) is 0 Å². The molecule has 0 aliphatic carbocycles. The third kappa shape index (κ3) is 2.95. The van der Waals surface area contributed by atoms with E-state index in [2.05, 4.69) is 30.5 Å². The van der Waals surface area contributed by atoms with Crippen LogP contribution in [0.1, 0.15) is 0 Å². The van der Waals surface area contributed by atoms with Gasteiger partial charge in [0.2, 0.25) is 0 Å². The molecule has 0 N–H and O–H groups in total. The van der Waals surface area contributed by atoms with E-state index in [0.29, 0.717) is 0 Å². The van der Waals surface area contributed by atoms with Crippen LogP contribution in [0.25, 0.3) is 0 Å². The first-order chi connectivity index (χ1) is 8.95. The second-order valence-corrected chi connectivity index (χ2v) is 8.71. The van der Waals surface area contributed by atoms with Crippen molar-refractivity contribution < 1.29 is 9.20 Å². The predicted molar refractivity (Wildman–Crippen MR) is 100 cm³/mol. The Morgan fingerprint density at radius 3 is 2.06 bits per heavy atom. The normalized spacial score (nSPS) is 23.1. The second kappa shape index (κ2) is 6.46. The number of halogens is 3. The first kappa shape index (κ1) is 13.0. The summed E-state index contributed by atoms with van der Waals surface area (Å²) in [7, 11) is 0. The van der Waals surface area contributed by atoms with Crippen molar-refractivity contribution in [3.05, 3.63) is 65.5 Å². The van der Waals surface area contributed by atoms with Gasteiger partial charge in [-0.3, -0.25) is 0 Å². The van der Waals surface area contributed by atoms with E-state index in [0.717, 1.165) is 22.9 Å². The van der Waals surface area contributed by atoms with E-state index in [1.54, 1.807) is 0 Å². The molecular weight excluding hydrogens is 573 g/mol. The van der Waals surface area contributed by atoms with Gasteiger partial charge in [-0.2, -0.15) is 0 Å². The first-order valence-corrected chi connectivity index (χ1v) is 12.0. The third-order valence-corrected chi connectivity index (χ3v) is 6.76.